The lowest BCUT2D eigenvalue weighted by molar-refractivity contribution is 0.0724. The largest absolute Gasteiger partial charge is 0.353 e. The van der Waals surface area contributed by atoms with Crippen LogP contribution in [0.3, 0.4) is 0 Å². The van der Waals surface area contributed by atoms with Crippen molar-refractivity contribution >= 4 is 28.9 Å². The topological polar surface area (TPSA) is 57.3 Å². The van der Waals surface area contributed by atoms with E-state index in [0.717, 1.165) is 50.0 Å². The van der Waals surface area contributed by atoms with Gasteiger partial charge < -0.3 is 15.5 Å². The summed E-state index contributed by atoms with van der Waals surface area (Å²) in [5.74, 6) is 0.124. The van der Waals surface area contributed by atoms with Crippen molar-refractivity contribution in [2.75, 3.05) is 18.4 Å². The average molecular weight is 409 g/mol. The third-order valence-electron chi connectivity index (χ3n) is 6.06. The number of carbonyl (C=O) groups is 1. The lowest BCUT2D eigenvalue weighted by atomic mass is 9.89. The first-order valence-electron chi connectivity index (χ1n) is 10.6. The van der Waals surface area contributed by atoms with Gasteiger partial charge in [-0.3, -0.25) is 9.78 Å². The molecular weight excluding hydrogens is 380 g/mol. The predicted molar refractivity (Wildman–Crippen MR) is 120 cm³/mol. The Morgan fingerprint density at radius 2 is 1.72 bits per heavy atom. The Morgan fingerprint density at radius 3 is 2.38 bits per heavy atom. The van der Waals surface area contributed by atoms with Crippen LogP contribution in [0.25, 0.3) is 0 Å². The number of hydrogen-bond donors (Lipinski definition) is 2. The van der Waals surface area contributed by atoms with E-state index in [9.17, 15) is 4.79 Å². The van der Waals surface area contributed by atoms with Crippen molar-refractivity contribution in [3.05, 3.63) is 59.9 Å². The molecule has 1 amide bonds. The predicted octanol–water partition coefficient (Wildman–Crippen LogP) is 4.46. The van der Waals surface area contributed by atoms with Gasteiger partial charge in [0.15, 0.2) is 5.11 Å². The molecule has 0 unspecified atom stereocenters. The zero-order valence-electron chi connectivity index (χ0n) is 16.7. The minimum absolute atomic E-state index is 0.124. The molecule has 1 saturated carbocycles. The lowest BCUT2D eigenvalue weighted by Crippen LogP contribution is -2.45. The molecule has 2 heterocycles. The maximum atomic E-state index is 12.6. The molecule has 2 aliphatic rings. The van der Waals surface area contributed by atoms with Gasteiger partial charge in [0.2, 0.25) is 0 Å². The minimum Gasteiger partial charge on any atom is -0.353 e. The molecule has 152 valence electrons. The van der Waals surface area contributed by atoms with Gasteiger partial charge in [0.05, 0.1) is 5.54 Å². The smallest absolute Gasteiger partial charge is 0.253 e. The van der Waals surface area contributed by atoms with Gasteiger partial charge in [-0.2, -0.15) is 0 Å². The van der Waals surface area contributed by atoms with Crippen molar-refractivity contribution in [3.8, 4) is 0 Å². The van der Waals surface area contributed by atoms with Crippen molar-refractivity contribution in [3.63, 3.8) is 0 Å². The molecule has 2 fully saturated rings. The SMILES string of the molecule is O=C(c1ccc(NC(=S)NC2(c3cccnc3)CCCC2)cc1)N1CCCCC1. The Balaban J connectivity index is 1.40. The molecule has 6 heteroatoms. The molecule has 1 aromatic heterocycles. The highest BCUT2D eigenvalue weighted by Gasteiger charge is 2.36. The molecule has 0 atom stereocenters. The third kappa shape index (κ3) is 4.58. The van der Waals surface area contributed by atoms with E-state index in [1.54, 1.807) is 6.20 Å². The summed E-state index contributed by atoms with van der Waals surface area (Å²) in [4.78, 5) is 18.9. The molecule has 2 aromatic rings. The fraction of sp³-hybridized carbons (Fsp3) is 0.435. The van der Waals surface area contributed by atoms with Crippen molar-refractivity contribution in [2.24, 2.45) is 0 Å². The van der Waals surface area contributed by atoms with Crippen LogP contribution in [0.1, 0.15) is 60.9 Å². The highest BCUT2D eigenvalue weighted by molar-refractivity contribution is 7.80. The number of anilines is 1. The van der Waals surface area contributed by atoms with Crippen LogP contribution >= 0.6 is 12.2 Å². The molecular formula is C23H28N4OS. The van der Waals surface area contributed by atoms with Crippen molar-refractivity contribution in [2.45, 2.75) is 50.5 Å². The molecule has 4 rings (SSSR count). The fourth-order valence-corrected chi connectivity index (χ4v) is 4.78. The van der Waals surface area contributed by atoms with E-state index in [2.05, 4.69) is 21.7 Å². The number of piperidine rings is 1. The number of rotatable bonds is 4. The van der Waals surface area contributed by atoms with Gasteiger partial charge in [-0.1, -0.05) is 18.9 Å². The summed E-state index contributed by atoms with van der Waals surface area (Å²) in [6.45, 7) is 1.73. The molecule has 2 N–H and O–H groups in total. The molecule has 1 aliphatic heterocycles. The number of nitrogens with one attached hydrogen (secondary N) is 2. The van der Waals surface area contributed by atoms with Crippen molar-refractivity contribution in [1.82, 2.24) is 15.2 Å². The number of carbonyl (C=O) groups excluding carboxylic acids is 1. The van der Waals surface area contributed by atoms with Crippen molar-refractivity contribution < 1.29 is 4.79 Å². The quantitative estimate of drug-likeness (QED) is 0.732. The number of aromatic nitrogens is 1. The van der Waals surface area contributed by atoms with Gasteiger partial charge in [0.25, 0.3) is 5.91 Å². The number of pyridine rings is 1. The number of likely N-dealkylation sites (tertiary alicyclic amines) is 1. The maximum absolute atomic E-state index is 12.6. The zero-order valence-corrected chi connectivity index (χ0v) is 17.5. The summed E-state index contributed by atoms with van der Waals surface area (Å²) in [7, 11) is 0. The Kier molecular flexibility index (Phi) is 6.09. The number of thiocarbonyl (C=S) groups is 1. The van der Waals surface area contributed by atoms with Crippen LogP contribution < -0.4 is 10.6 Å². The number of hydrogen-bond acceptors (Lipinski definition) is 3. The van der Waals surface area contributed by atoms with Crippen LogP contribution in [-0.2, 0) is 5.54 Å². The standard InChI is InChI=1S/C23H28N4OS/c28-21(27-15-4-1-5-16-27)18-8-10-20(11-9-18)25-22(29)26-23(12-2-3-13-23)19-7-6-14-24-17-19/h6-11,14,17H,1-5,12-13,15-16H2,(H2,25,26,29). The molecule has 29 heavy (non-hydrogen) atoms. The normalized spacial score (nSPS) is 18.3. The molecule has 1 aliphatic carbocycles. The average Bonchev–Trinajstić information content (AvgIpc) is 3.24. The number of benzene rings is 1. The summed E-state index contributed by atoms with van der Waals surface area (Å²) in [6, 6.07) is 11.7. The molecule has 1 aromatic carbocycles. The van der Waals surface area contributed by atoms with Crippen LogP contribution in [0.2, 0.25) is 0 Å². The van der Waals surface area contributed by atoms with E-state index in [0.29, 0.717) is 5.11 Å². The first kappa shape index (κ1) is 19.8. The van der Waals surface area contributed by atoms with E-state index in [-0.39, 0.29) is 11.4 Å². The highest BCUT2D eigenvalue weighted by Crippen LogP contribution is 2.38. The molecule has 1 saturated heterocycles. The molecule has 0 radical (unpaired) electrons. The molecule has 0 spiro atoms. The molecule has 0 bridgehead atoms. The van der Waals surface area contributed by atoms with Gasteiger partial charge in [-0.05, 0) is 80.2 Å². The number of amides is 1. The Bertz CT molecular complexity index is 841. The lowest BCUT2D eigenvalue weighted by Gasteiger charge is -2.32. The maximum Gasteiger partial charge on any atom is 0.253 e. The summed E-state index contributed by atoms with van der Waals surface area (Å²) >= 11 is 5.61. The van der Waals surface area contributed by atoms with Crippen molar-refractivity contribution in [1.29, 1.82) is 0 Å². The Hall–Kier alpha value is -2.47. The van der Waals surface area contributed by atoms with Gasteiger partial charge in [-0.15, -0.1) is 0 Å². The van der Waals surface area contributed by atoms with Gasteiger partial charge >= 0.3 is 0 Å². The summed E-state index contributed by atoms with van der Waals surface area (Å²) < 4.78 is 0. The van der Waals surface area contributed by atoms with Crippen LogP contribution in [0.5, 0.6) is 0 Å². The number of nitrogens with zero attached hydrogens (tertiary/aromatic N) is 2. The minimum atomic E-state index is -0.150. The Labute approximate surface area is 177 Å². The molecule has 5 nitrogen and oxygen atoms in total. The second kappa shape index (κ2) is 8.91. The highest BCUT2D eigenvalue weighted by atomic mass is 32.1. The van der Waals surface area contributed by atoms with Gasteiger partial charge in [-0.25, -0.2) is 0 Å². The van der Waals surface area contributed by atoms with Gasteiger partial charge in [0.1, 0.15) is 0 Å². The first-order chi connectivity index (χ1) is 14.2. The fourth-order valence-electron chi connectivity index (χ4n) is 4.47. The van der Waals surface area contributed by atoms with E-state index >= 15 is 0 Å². The van der Waals surface area contributed by atoms with E-state index in [1.807, 2.05) is 41.4 Å². The van der Waals surface area contributed by atoms with Crippen LogP contribution in [0, 0.1) is 0 Å². The first-order valence-corrected chi connectivity index (χ1v) is 11.0. The van der Waals surface area contributed by atoms with Gasteiger partial charge in [0, 0.05) is 36.7 Å². The summed E-state index contributed by atoms with van der Waals surface area (Å²) in [5, 5.41) is 7.44. The summed E-state index contributed by atoms with van der Waals surface area (Å²) in [5.41, 5.74) is 2.66. The van der Waals surface area contributed by atoms with Crippen LogP contribution in [-0.4, -0.2) is 34.0 Å². The third-order valence-corrected chi connectivity index (χ3v) is 6.26. The zero-order chi connectivity index (χ0) is 20.1. The monoisotopic (exact) mass is 408 g/mol. The van der Waals surface area contributed by atoms with Crippen LogP contribution in [0.15, 0.2) is 48.8 Å². The summed E-state index contributed by atoms with van der Waals surface area (Å²) in [6.07, 6.45) is 11.6. The van der Waals surface area contributed by atoms with Crippen LogP contribution in [0.4, 0.5) is 5.69 Å². The second-order valence-electron chi connectivity index (χ2n) is 8.04. The second-order valence-corrected chi connectivity index (χ2v) is 8.45. The van der Waals surface area contributed by atoms with E-state index in [1.165, 1.54) is 24.8 Å². The van der Waals surface area contributed by atoms with E-state index < -0.39 is 0 Å². The van der Waals surface area contributed by atoms with E-state index in [4.69, 9.17) is 12.2 Å². The Morgan fingerprint density at radius 1 is 1.00 bits per heavy atom.